The van der Waals surface area contributed by atoms with Crippen molar-refractivity contribution in [2.75, 3.05) is 13.1 Å². The SMILES string of the molecule is Cc1nn(C)cc1CN1CCC[C@@](C)(C(=O)NC2CCCC2)C1. The minimum Gasteiger partial charge on any atom is -0.353 e. The molecule has 0 radical (unpaired) electrons. The first kappa shape index (κ1) is 16.5. The van der Waals surface area contributed by atoms with Crippen molar-refractivity contribution in [1.82, 2.24) is 20.0 Å². The van der Waals surface area contributed by atoms with Crippen LogP contribution in [0.2, 0.25) is 0 Å². The van der Waals surface area contributed by atoms with E-state index in [1.165, 1.54) is 18.4 Å². The molecule has 1 N–H and O–H groups in total. The average molecular weight is 318 g/mol. The summed E-state index contributed by atoms with van der Waals surface area (Å²) < 4.78 is 1.88. The van der Waals surface area contributed by atoms with Gasteiger partial charge in [0.15, 0.2) is 0 Å². The summed E-state index contributed by atoms with van der Waals surface area (Å²) in [5.74, 6) is 0.261. The molecule has 0 unspecified atom stereocenters. The number of piperidine rings is 1. The van der Waals surface area contributed by atoms with Gasteiger partial charge in [-0.05, 0) is 46.1 Å². The number of carbonyl (C=O) groups is 1. The molecule has 1 aromatic heterocycles. The van der Waals surface area contributed by atoms with Crippen molar-refractivity contribution in [3.63, 3.8) is 0 Å². The Labute approximate surface area is 139 Å². The molecule has 5 nitrogen and oxygen atoms in total. The largest absolute Gasteiger partial charge is 0.353 e. The van der Waals surface area contributed by atoms with E-state index in [0.29, 0.717) is 6.04 Å². The van der Waals surface area contributed by atoms with Crippen LogP contribution in [-0.2, 0) is 18.4 Å². The summed E-state index contributed by atoms with van der Waals surface area (Å²) in [6.45, 7) is 7.01. The molecule has 0 spiro atoms. The van der Waals surface area contributed by atoms with Crippen LogP contribution in [0.3, 0.4) is 0 Å². The molecule has 0 bridgehead atoms. The van der Waals surface area contributed by atoms with Gasteiger partial charge in [-0.2, -0.15) is 5.10 Å². The Hall–Kier alpha value is -1.36. The van der Waals surface area contributed by atoms with Gasteiger partial charge < -0.3 is 5.32 Å². The van der Waals surface area contributed by atoms with E-state index in [1.54, 1.807) is 0 Å². The number of hydrogen-bond donors (Lipinski definition) is 1. The van der Waals surface area contributed by atoms with Crippen LogP contribution in [0.25, 0.3) is 0 Å². The first-order valence-electron chi connectivity index (χ1n) is 8.99. The summed E-state index contributed by atoms with van der Waals surface area (Å²) >= 11 is 0. The van der Waals surface area contributed by atoms with Crippen LogP contribution in [0, 0.1) is 12.3 Å². The maximum Gasteiger partial charge on any atom is 0.227 e. The third-order valence-corrected chi connectivity index (χ3v) is 5.52. The summed E-state index contributed by atoms with van der Waals surface area (Å²) in [5.41, 5.74) is 2.11. The Morgan fingerprint density at radius 3 is 2.78 bits per heavy atom. The van der Waals surface area contributed by atoms with Crippen molar-refractivity contribution in [1.29, 1.82) is 0 Å². The predicted molar refractivity (Wildman–Crippen MR) is 91.0 cm³/mol. The smallest absolute Gasteiger partial charge is 0.227 e. The van der Waals surface area contributed by atoms with Crippen molar-refractivity contribution in [3.8, 4) is 0 Å². The third kappa shape index (κ3) is 3.77. The Balaban J connectivity index is 1.62. The highest BCUT2D eigenvalue weighted by atomic mass is 16.2. The number of hydrogen-bond acceptors (Lipinski definition) is 3. The van der Waals surface area contributed by atoms with Crippen LogP contribution in [0.15, 0.2) is 6.20 Å². The molecule has 23 heavy (non-hydrogen) atoms. The standard InChI is InChI=1S/C18H30N4O/c1-14-15(11-21(3)20-14)12-22-10-6-9-18(2,13-22)17(23)19-16-7-4-5-8-16/h11,16H,4-10,12-13H2,1-3H3,(H,19,23)/t18-/m1/s1. The molecular weight excluding hydrogens is 288 g/mol. The van der Waals surface area contributed by atoms with Gasteiger partial charge in [-0.1, -0.05) is 12.8 Å². The fourth-order valence-corrected chi connectivity index (χ4v) is 4.14. The predicted octanol–water partition coefficient (Wildman–Crippen LogP) is 2.39. The molecule has 5 heteroatoms. The molecule has 2 heterocycles. The lowest BCUT2D eigenvalue weighted by molar-refractivity contribution is -0.134. The molecule has 1 amide bonds. The molecule has 1 aromatic rings. The van der Waals surface area contributed by atoms with Crippen molar-refractivity contribution < 1.29 is 4.79 Å². The van der Waals surface area contributed by atoms with Gasteiger partial charge in [-0.25, -0.2) is 0 Å². The van der Waals surface area contributed by atoms with Gasteiger partial charge >= 0.3 is 0 Å². The number of likely N-dealkylation sites (tertiary alicyclic amines) is 1. The molecule has 1 atom stereocenters. The Kier molecular flexibility index (Phi) is 4.76. The van der Waals surface area contributed by atoms with Gasteiger partial charge in [0.2, 0.25) is 5.91 Å². The molecule has 2 aliphatic rings. The van der Waals surface area contributed by atoms with E-state index < -0.39 is 0 Å². The van der Waals surface area contributed by atoms with Gasteiger partial charge in [-0.15, -0.1) is 0 Å². The third-order valence-electron chi connectivity index (χ3n) is 5.52. The summed E-state index contributed by atoms with van der Waals surface area (Å²) in [6.07, 6.45) is 9.00. The Morgan fingerprint density at radius 2 is 2.13 bits per heavy atom. The molecule has 0 aromatic carbocycles. The zero-order chi connectivity index (χ0) is 16.4. The summed E-state index contributed by atoms with van der Waals surface area (Å²) in [5, 5.41) is 7.73. The summed E-state index contributed by atoms with van der Waals surface area (Å²) in [4.78, 5) is 15.2. The normalized spacial score (nSPS) is 26.6. The first-order chi connectivity index (χ1) is 11.0. The lowest BCUT2D eigenvalue weighted by atomic mass is 9.80. The van der Waals surface area contributed by atoms with Crippen LogP contribution < -0.4 is 5.32 Å². The minimum atomic E-state index is -0.253. The second kappa shape index (κ2) is 6.63. The average Bonchev–Trinajstić information content (AvgIpc) is 3.09. The van der Waals surface area contributed by atoms with E-state index in [1.807, 2.05) is 11.7 Å². The molecule has 128 valence electrons. The van der Waals surface area contributed by atoms with Crippen molar-refractivity contribution >= 4 is 5.91 Å². The quantitative estimate of drug-likeness (QED) is 0.927. The number of aryl methyl sites for hydroxylation is 2. The van der Waals surface area contributed by atoms with E-state index in [2.05, 4.69) is 35.4 Å². The number of nitrogens with zero attached hydrogens (tertiary/aromatic N) is 3. The fourth-order valence-electron chi connectivity index (χ4n) is 4.14. The highest BCUT2D eigenvalue weighted by Crippen LogP contribution is 2.31. The molecule has 2 fully saturated rings. The first-order valence-corrected chi connectivity index (χ1v) is 8.99. The van der Waals surface area contributed by atoms with Crippen molar-refractivity contribution in [2.24, 2.45) is 12.5 Å². The maximum absolute atomic E-state index is 12.8. The number of amides is 1. The van der Waals surface area contributed by atoms with Crippen molar-refractivity contribution in [3.05, 3.63) is 17.5 Å². The van der Waals surface area contributed by atoms with E-state index in [-0.39, 0.29) is 11.3 Å². The molecule has 1 saturated heterocycles. The molecule has 3 rings (SSSR count). The van der Waals surface area contributed by atoms with Gasteiger partial charge in [-0.3, -0.25) is 14.4 Å². The second-order valence-electron chi connectivity index (χ2n) is 7.74. The lowest BCUT2D eigenvalue weighted by Gasteiger charge is -2.39. The van der Waals surface area contributed by atoms with Crippen LogP contribution in [-0.4, -0.2) is 39.7 Å². The highest BCUT2D eigenvalue weighted by molar-refractivity contribution is 5.82. The zero-order valence-corrected chi connectivity index (χ0v) is 14.8. The summed E-state index contributed by atoms with van der Waals surface area (Å²) in [7, 11) is 1.96. The van der Waals surface area contributed by atoms with E-state index in [0.717, 1.165) is 51.0 Å². The van der Waals surface area contributed by atoms with Crippen LogP contribution in [0.5, 0.6) is 0 Å². The highest BCUT2D eigenvalue weighted by Gasteiger charge is 2.38. The monoisotopic (exact) mass is 318 g/mol. The number of carbonyl (C=O) groups excluding carboxylic acids is 1. The maximum atomic E-state index is 12.8. The Morgan fingerprint density at radius 1 is 1.39 bits per heavy atom. The number of nitrogens with one attached hydrogen (secondary N) is 1. The van der Waals surface area contributed by atoms with E-state index in [9.17, 15) is 4.79 Å². The van der Waals surface area contributed by atoms with Crippen molar-refractivity contribution in [2.45, 2.75) is 65.0 Å². The molecular formula is C18H30N4O. The zero-order valence-electron chi connectivity index (χ0n) is 14.8. The number of aromatic nitrogens is 2. The summed E-state index contributed by atoms with van der Waals surface area (Å²) in [6, 6.07) is 0.412. The number of rotatable bonds is 4. The van der Waals surface area contributed by atoms with Gasteiger partial charge in [0.25, 0.3) is 0 Å². The van der Waals surface area contributed by atoms with Crippen LogP contribution >= 0.6 is 0 Å². The molecule has 1 aliphatic heterocycles. The van der Waals surface area contributed by atoms with E-state index >= 15 is 0 Å². The second-order valence-corrected chi connectivity index (χ2v) is 7.74. The molecule has 1 saturated carbocycles. The van der Waals surface area contributed by atoms with Gasteiger partial charge in [0.05, 0.1) is 11.1 Å². The fraction of sp³-hybridized carbons (Fsp3) is 0.778. The minimum absolute atomic E-state index is 0.253. The van der Waals surface area contributed by atoms with Crippen LogP contribution in [0.1, 0.15) is 56.7 Å². The van der Waals surface area contributed by atoms with E-state index in [4.69, 9.17) is 0 Å². The topological polar surface area (TPSA) is 50.2 Å². The molecule has 1 aliphatic carbocycles. The van der Waals surface area contributed by atoms with Gasteiger partial charge in [0.1, 0.15) is 0 Å². The lowest BCUT2D eigenvalue weighted by Crippen LogP contribution is -2.51. The van der Waals surface area contributed by atoms with Gasteiger partial charge in [0, 0.05) is 37.9 Å². The Bertz CT molecular complexity index is 561. The van der Waals surface area contributed by atoms with Crippen LogP contribution in [0.4, 0.5) is 0 Å².